The van der Waals surface area contributed by atoms with Crippen molar-refractivity contribution >= 4 is 46.1 Å². The van der Waals surface area contributed by atoms with Gasteiger partial charge in [0.25, 0.3) is 0 Å². The maximum atomic E-state index is 11.3. The van der Waals surface area contributed by atoms with Crippen LogP contribution in [0.5, 0.6) is 0 Å². The van der Waals surface area contributed by atoms with Gasteiger partial charge in [0.1, 0.15) is 0 Å². The molecule has 0 aliphatic rings. The molecule has 0 spiro atoms. The molecule has 0 saturated heterocycles. The molecular formula is C15H16Cl2N2OS. The molecule has 1 aromatic carbocycles. The van der Waals surface area contributed by atoms with Gasteiger partial charge in [0, 0.05) is 18.3 Å². The highest BCUT2D eigenvalue weighted by Gasteiger charge is 2.13. The number of anilines is 1. The standard InChI is InChI=1S/C15H16Cl2N2OS/c1-9(12-8-13(16)21-15(12)17)19-11-5-3-10(4-6-11)7-14(20)18-2/h3-6,8-9,19H,7H2,1-2H3,(H,18,20). The van der Waals surface area contributed by atoms with E-state index >= 15 is 0 Å². The van der Waals surface area contributed by atoms with Crippen LogP contribution in [0.2, 0.25) is 8.67 Å². The van der Waals surface area contributed by atoms with E-state index in [2.05, 4.69) is 10.6 Å². The molecule has 112 valence electrons. The number of halogens is 2. The van der Waals surface area contributed by atoms with Gasteiger partial charge in [0.05, 0.1) is 21.1 Å². The lowest BCUT2D eigenvalue weighted by molar-refractivity contribution is -0.119. The minimum absolute atomic E-state index is 0.00349. The molecule has 0 saturated carbocycles. The lowest BCUT2D eigenvalue weighted by atomic mass is 10.1. The van der Waals surface area contributed by atoms with Gasteiger partial charge in [-0.15, -0.1) is 11.3 Å². The highest BCUT2D eigenvalue weighted by molar-refractivity contribution is 7.20. The van der Waals surface area contributed by atoms with Crippen molar-refractivity contribution < 1.29 is 4.79 Å². The Balaban J connectivity index is 2.03. The van der Waals surface area contributed by atoms with E-state index in [1.165, 1.54) is 11.3 Å². The Morgan fingerprint density at radius 2 is 1.95 bits per heavy atom. The first-order valence-electron chi connectivity index (χ1n) is 6.50. The molecule has 0 fully saturated rings. The Morgan fingerprint density at radius 1 is 1.29 bits per heavy atom. The Kier molecular flexibility index (Phi) is 5.51. The number of benzene rings is 1. The number of likely N-dealkylation sites (N-methyl/N-ethyl adjacent to an activating group) is 1. The third-order valence-electron chi connectivity index (χ3n) is 3.13. The Labute approximate surface area is 138 Å². The molecule has 0 bridgehead atoms. The van der Waals surface area contributed by atoms with Crippen molar-refractivity contribution in [1.82, 2.24) is 5.32 Å². The van der Waals surface area contributed by atoms with E-state index in [1.807, 2.05) is 37.3 Å². The second-order valence-electron chi connectivity index (χ2n) is 4.69. The molecule has 1 atom stereocenters. The second-order valence-corrected chi connectivity index (χ2v) is 6.98. The molecule has 2 rings (SSSR count). The lowest BCUT2D eigenvalue weighted by Gasteiger charge is -2.15. The third kappa shape index (κ3) is 4.37. The summed E-state index contributed by atoms with van der Waals surface area (Å²) in [6.45, 7) is 2.03. The number of hydrogen-bond donors (Lipinski definition) is 2. The van der Waals surface area contributed by atoms with Crippen LogP contribution in [0.25, 0.3) is 0 Å². The molecule has 2 N–H and O–H groups in total. The topological polar surface area (TPSA) is 41.1 Å². The maximum absolute atomic E-state index is 11.3. The Hall–Kier alpha value is -1.23. The summed E-state index contributed by atoms with van der Waals surface area (Å²) in [6, 6.07) is 9.73. The van der Waals surface area contributed by atoms with Crippen LogP contribution in [-0.4, -0.2) is 13.0 Å². The average Bonchev–Trinajstić information content (AvgIpc) is 2.80. The van der Waals surface area contributed by atoms with E-state index in [1.54, 1.807) is 7.05 Å². The molecule has 0 radical (unpaired) electrons. The first kappa shape index (κ1) is 16.1. The number of rotatable bonds is 5. The van der Waals surface area contributed by atoms with Crippen LogP contribution in [0.3, 0.4) is 0 Å². The molecule has 2 aromatic rings. The van der Waals surface area contributed by atoms with Crippen molar-refractivity contribution in [1.29, 1.82) is 0 Å². The van der Waals surface area contributed by atoms with Gasteiger partial charge in [-0.25, -0.2) is 0 Å². The van der Waals surface area contributed by atoms with E-state index in [4.69, 9.17) is 23.2 Å². The monoisotopic (exact) mass is 342 g/mol. The minimum Gasteiger partial charge on any atom is -0.378 e. The number of amides is 1. The van der Waals surface area contributed by atoms with E-state index in [9.17, 15) is 4.79 Å². The zero-order chi connectivity index (χ0) is 15.4. The third-order valence-corrected chi connectivity index (χ3v) is 4.65. The van der Waals surface area contributed by atoms with E-state index in [0.29, 0.717) is 15.1 Å². The number of thiophene rings is 1. The fourth-order valence-electron chi connectivity index (χ4n) is 1.97. The van der Waals surface area contributed by atoms with Crippen molar-refractivity contribution in [2.75, 3.05) is 12.4 Å². The zero-order valence-electron chi connectivity index (χ0n) is 11.7. The highest BCUT2D eigenvalue weighted by atomic mass is 35.5. The van der Waals surface area contributed by atoms with E-state index in [0.717, 1.165) is 16.8 Å². The molecule has 0 aliphatic heterocycles. The van der Waals surface area contributed by atoms with Crippen molar-refractivity contribution in [3.8, 4) is 0 Å². The number of carbonyl (C=O) groups excluding carboxylic acids is 1. The van der Waals surface area contributed by atoms with Crippen LogP contribution in [0, 0.1) is 0 Å². The molecule has 1 aromatic heterocycles. The number of carbonyl (C=O) groups is 1. The quantitative estimate of drug-likeness (QED) is 0.838. The summed E-state index contributed by atoms with van der Waals surface area (Å²) < 4.78 is 1.39. The van der Waals surface area contributed by atoms with E-state index in [-0.39, 0.29) is 11.9 Å². The van der Waals surface area contributed by atoms with Crippen molar-refractivity contribution in [2.24, 2.45) is 0 Å². The van der Waals surface area contributed by atoms with Crippen LogP contribution in [0.4, 0.5) is 5.69 Å². The molecule has 0 aliphatic carbocycles. The van der Waals surface area contributed by atoms with Crippen LogP contribution >= 0.6 is 34.5 Å². The van der Waals surface area contributed by atoms with Crippen molar-refractivity contribution in [3.05, 3.63) is 50.1 Å². The largest absolute Gasteiger partial charge is 0.378 e. The number of nitrogens with one attached hydrogen (secondary N) is 2. The molecule has 21 heavy (non-hydrogen) atoms. The Morgan fingerprint density at radius 3 is 2.48 bits per heavy atom. The zero-order valence-corrected chi connectivity index (χ0v) is 14.1. The molecule has 1 amide bonds. The van der Waals surface area contributed by atoms with Gasteiger partial charge < -0.3 is 10.6 Å². The van der Waals surface area contributed by atoms with Crippen LogP contribution in [0.15, 0.2) is 30.3 Å². The molecule has 6 heteroatoms. The van der Waals surface area contributed by atoms with Gasteiger partial charge in [-0.1, -0.05) is 35.3 Å². The fraction of sp³-hybridized carbons (Fsp3) is 0.267. The molecule has 1 heterocycles. The summed E-state index contributed by atoms with van der Waals surface area (Å²) in [7, 11) is 1.63. The van der Waals surface area contributed by atoms with Crippen molar-refractivity contribution in [3.63, 3.8) is 0 Å². The summed E-state index contributed by atoms with van der Waals surface area (Å²) in [5.74, 6) is 0.00349. The van der Waals surface area contributed by atoms with E-state index < -0.39 is 0 Å². The van der Waals surface area contributed by atoms with Gasteiger partial charge in [-0.2, -0.15) is 0 Å². The van der Waals surface area contributed by atoms with Crippen LogP contribution in [0.1, 0.15) is 24.1 Å². The molecular weight excluding hydrogens is 327 g/mol. The molecule has 1 unspecified atom stereocenters. The van der Waals surface area contributed by atoms with Gasteiger partial charge in [-0.3, -0.25) is 4.79 Å². The number of hydrogen-bond acceptors (Lipinski definition) is 3. The maximum Gasteiger partial charge on any atom is 0.224 e. The summed E-state index contributed by atoms with van der Waals surface area (Å²) in [5.41, 5.74) is 2.94. The lowest BCUT2D eigenvalue weighted by Crippen LogP contribution is -2.19. The van der Waals surface area contributed by atoms with Gasteiger partial charge in [-0.05, 0) is 30.7 Å². The highest BCUT2D eigenvalue weighted by Crippen LogP contribution is 2.36. The first-order valence-corrected chi connectivity index (χ1v) is 8.07. The minimum atomic E-state index is 0.00349. The fourth-order valence-corrected chi connectivity index (χ4v) is 3.61. The van der Waals surface area contributed by atoms with Gasteiger partial charge in [0.2, 0.25) is 5.91 Å². The van der Waals surface area contributed by atoms with Crippen LogP contribution < -0.4 is 10.6 Å². The second kappa shape index (κ2) is 7.16. The average molecular weight is 343 g/mol. The first-order chi connectivity index (χ1) is 9.99. The predicted octanol–water partition coefficient (Wildman–Crippen LogP) is 4.52. The summed E-state index contributed by atoms with van der Waals surface area (Å²) >= 11 is 13.5. The van der Waals surface area contributed by atoms with Gasteiger partial charge >= 0.3 is 0 Å². The van der Waals surface area contributed by atoms with Crippen molar-refractivity contribution in [2.45, 2.75) is 19.4 Å². The van der Waals surface area contributed by atoms with Crippen LogP contribution in [-0.2, 0) is 11.2 Å². The molecule has 3 nitrogen and oxygen atoms in total. The SMILES string of the molecule is CNC(=O)Cc1ccc(NC(C)c2cc(Cl)sc2Cl)cc1. The smallest absolute Gasteiger partial charge is 0.224 e. The normalized spacial score (nSPS) is 12.0. The van der Waals surface area contributed by atoms with Gasteiger partial charge in [0.15, 0.2) is 0 Å². The Bertz CT molecular complexity index is 625. The summed E-state index contributed by atoms with van der Waals surface area (Å²) in [6.07, 6.45) is 0.387. The predicted molar refractivity (Wildman–Crippen MR) is 90.6 cm³/mol. The summed E-state index contributed by atoms with van der Waals surface area (Å²) in [4.78, 5) is 11.3. The summed E-state index contributed by atoms with van der Waals surface area (Å²) in [5, 5.41) is 5.98.